The summed E-state index contributed by atoms with van der Waals surface area (Å²) >= 11 is 1.47. The number of thioether (sulfide) groups is 1. The van der Waals surface area contributed by atoms with Crippen LogP contribution in [0.25, 0.3) is 21.9 Å². The van der Waals surface area contributed by atoms with Gasteiger partial charge in [-0.2, -0.15) is 0 Å². The molecule has 0 bridgehead atoms. The van der Waals surface area contributed by atoms with Gasteiger partial charge in [0.2, 0.25) is 0 Å². The summed E-state index contributed by atoms with van der Waals surface area (Å²) in [4.78, 5) is 30.1. The molecule has 2 heterocycles. The van der Waals surface area contributed by atoms with Crippen molar-refractivity contribution in [3.8, 4) is 5.75 Å². The lowest BCUT2D eigenvalue weighted by Gasteiger charge is -2.13. The van der Waals surface area contributed by atoms with Gasteiger partial charge in [-0.1, -0.05) is 50.1 Å². The van der Waals surface area contributed by atoms with Gasteiger partial charge in [0.1, 0.15) is 11.3 Å². The molecule has 0 amide bonds. The number of aromatic nitrogens is 2. The summed E-state index contributed by atoms with van der Waals surface area (Å²) in [5.41, 5.74) is 1.58. The molecule has 166 valence electrons. The Kier molecular flexibility index (Phi) is 6.95. The summed E-state index contributed by atoms with van der Waals surface area (Å²) in [6, 6.07) is 14.4. The van der Waals surface area contributed by atoms with Crippen LogP contribution in [-0.4, -0.2) is 16.7 Å². The molecule has 0 atom stereocenters. The molecule has 2 aromatic carbocycles. The Morgan fingerprint density at radius 1 is 1.03 bits per heavy atom. The van der Waals surface area contributed by atoms with Gasteiger partial charge in [0.05, 0.1) is 18.0 Å². The van der Waals surface area contributed by atoms with E-state index in [2.05, 4.69) is 6.92 Å². The monoisotopic (exact) mass is 450 g/mol. The highest BCUT2D eigenvalue weighted by atomic mass is 32.2. The van der Waals surface area contributed by atoms with Crippen molar-refractivity contribution in [3.05, 3.63) is 74.9 Å². The zero-order chi connectivity index (χ0) is 22.5. The second-order valence-electron chi connectivity index (χ2n) is 7.67. The molecule has 6 nitrogen and oxygen atoms in total. The highest BCUT2D eigenvalue weighted by molar-refractivity contribution is 7.98. The van der Waals surface area contributed by atoms with Crippen LogP contribution in [0.5, 0.6) is 5.75 Å². The maximum absolute atomic E-state index is 13.2. The highest BCUT2D eigenvalue weighted by Crippen LogP contribution is 2.28. The molecule has 0 unspecified atom stereocenters. The molecule has 0 saturated heterocycles. The third kappa shape index (κ3) is 4.72. The van der Waals surface area contributed by atoms with Crippen molar-refractivity contribution in [2.75, 3.05) is 7.11 Å². The van der Waals surface area contributed by atoms with Crippen LogP contribution >= 0.6 is 11.8 Å². The molecule has 0 aliphatic heterocycles. The Bertz CT molecular complexity index is 1360. The fraction of sp³-hybridized carbons (Fsp3) is 0.320. The summed E-state index contributed by atoms with van der Waals surface area (Å²) in [5, 5.41) is 2.14. The lowest BCUT2D eigenvalue weighted by atomic mass is 10.1. The lowest BCUT2D eigenvalue weighted by Crippen LogP contribution is -2.23. The van der Waals surface area contributed by atoms with Crippen LogP contribution in [0.1, 0.15) is 38.2 Å². The molecule has 4 aromatic rings. The maximum atomic E-state index is 13.2. The number of rotatable bonds is 9. The van der Waals surface area contributed by atoms with E-state index in [1.165, 1.54) is 17.8 Å². The molecule has 0 N–H and O–H groups in total. The number of benzene rings is 2. The molecule has 0 saturated carbocycles. The molecule has 0 fully saturated rings. The van der Waals surface area contributed by atoms with Crippen LogP contribution in [0.15, 0.2) is 67.7 Å². The SMILES string of the molecule is CCCCCCn1c(SCc2cc(=O)oc3cc(OC)ccc23)nc2ccccc2c1=O. The van der Waals surface area contributed by atoms with Crippen LogP contribution in [-0.2, 0) is 12.3 Å². The summed E-state index contributed by atoms with van der Waals surface area (Å²) in [6.45, 7) is 2.80. The minimum atomic E-state index is -0.412. The molecule has 0 radical (unpaired) electrons. The third-order valence-electron chi connectivity index (χ3n) is 5.46. The Balaban J connectivity index is 1.69. The smallest absolute Gasteiger partial charge is 0.336 e. The molecule has 0 spiro atoms. The van der Waals surface area contributed by atoms with Gasteiger partial charge in [-0.15, -0.1) is 0 Å². The third-order valence-corrected chi connectivity index (χ3v) is 6.48. The van der Waals surface area contributed by atoms with E-state index in [0.717, 1.165) is 36.6 Å². The molecule has 7 heteroatoms. The van der Waals surface area contributed by atoms with Crippen molar-refractivity contribution < 1.29 is 9.15 Å². The molecule has 0 aliphatic carbocycles. The van der Waals surface area contributed by atoms with Gasteiger partial charge >= 0.3 is 5.63 Å². The number of hydrogen-bond donors (Lipinski definition) is 0. The summed E-state index contributed by atoms with van der Waals surface area (Å²) < 4.78 is 12.4. The Labute approximate surface area is 190 Å². The minimum absolute atomic E-state index is 0.0169. The average Bonchev–Trinajstić information content (AvgIpc) is 2.81. The van der Waals surface area contributed by atoms with Crippen molar-refractivity contribution >= 4 is 33.6 Å². The van der Waals surface area contributed by atoms with E-state index in [1.54, 1.807) is 17.7 Å². The first-order chi connectivity index (χ1) is 15.6. The van der Waals surface area contributed by atoms with Gasteiger partial charge in [-0.25, -0.2) is 9.78 Å². The van der Waals surface area contributed by atoms with Gasteiger partial charge in [-0.3, -0.25) is 9.36 Å². The first-order valence-electron chi connectivity index (χ1n) is 10.8. The standard InChI is InChI=1S/C25H26N2O4S/c1-3-4-5-8-13-27-24(29)20-9-6-7-10-21(20)26-25(27)32-16-17-14-23(28)31-22-15-18(30-2)11-12-19(17)22/h6-7,9-12,14-15H,3-5,8,13,16H2,1-2H3. The first-order valence-corrected chi connectivity index (χ1v) is 11.8. The van der Waals surface area contributed by atoms with E-state index >= 15 is 0 Å². The maximum Gasteiger partial charge on any atom is 0.336 e. The number of ether oxygens (including phenoxy) is 1. The van der Waals surface area contributed by atoms with Gasteiger partial charge in [0, 0.05) is 29.8 Å². The fourth-order valence-electron chi connectivity index (χ4n) is 3.75. The van der Waals surface area contributed by atoms with E-state index < -0.39 is 5.63 Å². The molecular weight excluding hydrogens is 424 g/mol. The molecule has 4 rings (SSSR count). The van der Waals surface area contributed by atoms with Gasteiger partial charge in [-0.05, 0) is 36.2 Å². The molecular formula is C25H26N2O4S. The second kappa shape index (κ2) is 10.0. The quantitative estimate of drug-likeness (QED) is 0.147. The Hall–Kier alpha value is -3.06. The van der Waals surface area contributed by atoms with Crippen molar-refractivity contribution in [2.24, 2.45) is 0 Å². The van der Waals surface area contributed by atoms with Crippen molar-refractivity contribution in [2.45, 2.75) is 50.1 Å². The number of para-hydroxylation sites is 1. The van der Waals surface area contributed by atoms with Gasteiger partial charge < -0.3 is 9.15 Å². The van der Waals surface area contributed by atoms with E-state index in [4.69, 9.17) is 14.1 Å². The van der Waals surface area contributed by atoms with Crippen LogP contribution < -0.4 is 15.9 Å². The van der Waals surface area contributed by atoms with Crippen LogP contribution in [0.4, 0.5) is 0 Å². The van der Waals surface area contributed by atoms with Crippen LogP contribution in [0, 0.1) is 0 Å². The minimum Gasteiger partial charge on any atom is -0.497 e. The highest BCUT2D eigenvalue weighted by Gasteiger charge is 2.13. The Morgan fingerprint density at radius 3 is 2.69 bits per heavy atom. The van der Waals surface area contributed by atoms with Gasteiger partial charge in [0.15, 0.2) is 5.16 Å². The van der Waals surface area contributed by atoms with E-state index in [9.17, 15) is 9.59 Å². The van der Waals surface area contributed by atoms with Crippen molar-refractivity contribution in [1.82, 2.24) is 9.55 Å². The van der Waals surface area contributed by atoms with Crippen LogP contribution in [0.2, 0.25) is 0 Å². The zero-order valence-corrected chi connectivity index (χ0v) is 19.1. The number of fused-ring (bicyclic) bond motifs is 2. The normalized spacial score (nSPS) is 11.3. The number of nitrogens with zero attached hydrogens (tertiary/aromatic N) is 2. The van der Waals surface area contributed by atoms with E-state index in [1.807, 2.05) is 36.4 Å². The number of methoxy groups -OCH3 is 1. The predicted molar refractivity (Wildman–Crippen MR) is 129 cm³/mol. The van der Waals surface area contributed by atoms with E-state index in [0.29, 0.717) is 39.7 Å². The van der Waals surface area contributed by atoms with Gasteiger partial charge in [0.25, 0.3) is 5.56 Å². The Morgan fingerprint density at radius 2 is 1.88 bits per heavy atom. The largest absolute Gasteiger partial charge is 0.497 e. The van der Waals surface area contributed by atoms with E-state index in [-0.39, 0.29) is 5.56 Å². The summed E-state index contributed by atoms with van der Waals surface area (Å²) in [5.74, 6) is 1.12. The predicted octanol–water partition coefficient (Wildman–Crippen LogP) is 5.38. The van der Waals surface area contributed by atoms with Crippen LogP contribution in [0.3, 0.4) is 0 Å². The topological polar surface area (TPSA) is 74.3 Å². The average molecular weight is 451 g/mol. The van der Waals surface area contributed by atoms with Crippen molar-refractivity contribution in [3.63, 3.8) is 0 Å². The number of hydrogen-bond acceptors (Lipinski definition) is 6. The summed E-state index contributed by atoms with van der Waals surface area (Å²) in [7, 11) is 1.57. The first kappa shape index (κ1) is 22.1. The molecule has 0 aliphatic rings. The molecule has 32 heavy (non-hydrogen) atoms. The van der Waals surface area contributed by atoms with Crippen molar-refractivity contribution in [1.29, 1.82) is 0 Å². The summed E-state index contributed by atoms with van der Waals surface area (Å²) in [6.07, 6.45) is 4.29. The lowest BCUT2D eigenvalue weighted by molar-refractivity contribution is 0.414. The fourth-order valence-corrected chi connectivity index (χ4v) is 4.77. The zero-order valence-electron chi connectivity index (χ0n) is 18.3. The molecule has 2 aromatic heterocycles. The second-order valence-corrected chi connectivity index (χ2v) is 8.61. The number of unbranched alkanes of at least 4 members (excludes halogenated alkanes) is 3.